The Hall–Kier alpha value is -1.90. The Morgan fingerprint density at radius 2 is 2.09 bits per heavy atom. The van der Waals surface area contributed by atoms with Gasteiger partial charge in [0.25, 0.3) is 5.91 Å². The van der Waals surface area contributed by atoms with E-state index in [0.29, 0.717) is 42.9 Å². The van der Waals surface area contributed by atoms with Crippen molar-refractivity contribution in [2.75, 3.05) is 50.8 Å². The topological polar surface area (TPSA) is 66.9 Å². The number of anilines is 1. The average molecular weight is 491 g/mol. The Kier molecular flexibility index (Phi) is 6.77. The maximum Gasteiger partial charge on any atom is 0.254 e. The number of rotatable bonds is 3. The molecule has 3 atom stereocenters. The summed E-state index contributed by atoms with van der Waals surface area (Å²) < 4.78 is 12.0. The van der Waals surface area contributed by atoms with Crippen LogP contribution in [0.25, 0.3) is 0 Å². The van der Waals surface area contributed by atoms with Gasteiger partial charge < -0.3 is 24.6 Å². The summed E-state index contributed by atoms with van der Waals surface area (Å²) in [6.45, 7) is 6.58. The molecule has 0 aliphatic carbocycles. The van der Waals surface area contributed by atoms with Crippen molar-refractivity contribution >= 4 is 34.8 Å². The molecule has 7 nitrogen and oxygen atoms in total. The van der Waals surface area contributed by atoms with Crippen LogP contribution in [0.2, 0.25) is 10.0 Å². The molecule has 5 rings (SSSR count). The van der Waals surface area contributed by atoms with Gasteiger partial charge in [-0.2, -0.15) is 0 Å². The molecule has 1 amide bonds. The number of nitrogens with zero attached hydrogens (tertiary/aromatic N) is 3. The van der Waals surface area contributed by atoms with Crippen LogP contribution in [0.3, 0.4) is 0 Å². The molecular weight excluding hydrogens is 463 g/mol. The van der Waals surface area contributed by atoms with E-state index in [1.165, 1.54) is 0 Å². The van der Waals surface area contributed by atoms with Gasteiger partial charge in [0.05, 0.1) is 43.8 Å². The van der Waals surface area contributed by atoms with Crippen molar-refractivity contribution in [1.82, 2.24) is 15.2 Å². The van der Waals surface area contributed by atoms with Crippen LogP contribution in [0.15, 0.2) is 30.6 Å². The molecule has 3 aliphatic rings. The van der Waals surface area contributed by atoms with Gasteiger partial charge in [-0.25, -0.2) is 0 Å². The lowest BCUT2D eigenvalue weighted by atomic mass is 9.93. The predicted molar refractivity (Wildman–Crippen MR) is 128 cm³/mol. The van der Waals surface area contributed by atoms with E-state index in [0.717, 1.165) is 41.9 Å². The number of benzene rings is 1. The van der Waals surface area contributed by atoms with Crippen LogP contribution in [0.5, 0.6) is 0 Å². The SMILES string of the molecule is C[C@H]1c2c(Cl)cc(Cl)cc2CCN1C(=O)[C@H]1CN(c2cnccc2C2CNCCO2)CCO1. The van der Waals surface area contributed by atoms with Gasteiger partial charge in [0.1, 0.15) is 0 Å². The molecule has 4 heterocycles. The van der Waals surface area contributed by atoms with Crippen LogP contribution in [0, 0.1) is 0 Å². The normalized spacial score (nSPS) is 25.6. The number of carbonyl (C=O) groups excluding carboxylic acids is 1. The lowest BCUT2D eigenvalue weighted by Gasteiger charge is -2.41. The first-order chi connectivity index (χ1) is 16.0. The van der Waals surface area contributed by atoms with E-state index < -0.39 is 6.10 Å². The van der Waals surface area contributed by atoms with Crippen molar-refractivity contribution in [2.45, 2.75) is 31.6 Å². The molecule has 176 valence electrons. The third-order valence-electron chi connectivity index (χ3n) is 6.76. The van der Waals surface area contributed by atoms with Crippen LogP contribution in [-0.2, 0) is 20.7 Å². The summed E-state index contributed by atoms with van der Waals surface area (Å²) in [4.78, 5) is 22.0. The molecule has 1 N–H and O–H groups in total. The zero-order valence-corrected chi connectivity index (χ0v) is 20.1. The van der Waals surface area contributed by atoms with Crippen molar-refractivity contribution in [3.63, 3.8) is 0 Å². The average Bonchev–Trinajstić information content (AvgIpc) is 2.84. The highest BCUT2D eigenvalue weighted by atomic mass is 35.5. The van der Waals surface area contributed by atoms with Crippen LogP contribution < -0.4 is 10.2 Å². The van der Waals surface area contributed by atoms with Gasteiger partial charge in [-0.05, 0) is 42.7 Å². The molecule has 33 heavy (non-hydrogen) atoms. The van der Waals surface area contributed by atoms with Gasteiger partial charge in [-0.15, -0.1) is 0 Å². The minimum absolute atomic E-state index is 0.00936. The molecule has 1 unspecified atom stereocenters. The van der Waals surface area contributed by atoms with Gasteiger partial charge in [-0.3, -0.25) is 9.78 Å². The van der Waals surface area contributed by atoms with Gasteiger partial charge >= 0.3 is 0 Å². The number of ether oxygens (including phenoxy) is 2. The minimum Gasteiger partial charge on any atom is -0.371 e. The maximum atomic E-state index is 13.6. The molecule has 0 bridgehead atoms. The number of pyridine rings is 1. The van der Waals surface area contributed by atoms with Crippen LogP contribution in [0.4, 0.5) is 5.69 Å². The smallest absolute Gasteiger partial charge is 0.254 e. The van der Waals surface area contributed by atoms with Crippen molar-refractivity contribution in [3.05, 3.63) is 57.3 Å². The monoisotopic (exact) mass is 490 g/mol. The first-order valence-corrected chi connectivity index (χ1v) is 12.2. The summed E-state index contributed by atoms with van der Waals surface area (Å²) in [6.07, 6.45) is 3.81. The largest absolute Gasteiger partial charge is 0.371 e. The lowest BCUT2D eigenvalue weighted by molar-refractivity contribution is -0.147. The number of morpholine rings is 2. The summed E-state index contributed by atoms with van der Waals surface area (Å²) in [5, 5.41) is 4.62. The summed E-state index contributed by atoms with van der Waals surface area (Å²) in [6, 6.07) is 5.57. The van der Waals surface area contributed by atoms with E-state index in [1.807, 2.05) is 30.2 Å². The molecule has 1 aromatic heterocycles. The zero-order valence-electron chi connectivity index (χ0n) is 18.6. The second-order valence-electron chi connectivity index (χ2n) is 8.72. The van der Waals surface area contributed by atoms with E-state index in [4.69, 9.17) is 32.7 Å². The van der Waals surface area contributed by atoms with Crippen molar-refractivity contribution in [1.29, 1.82) is 0 Å². The van der Waals surface area contributed by atoms with Crippen LogP contribution in [0.1, 0.15) is 35.8 Å². The van der Waals surface area contributed by atoms with E-state index in [2.05, 4.69) is 15.2 Å². The summed E-state index contributed by atoms with van der Waals surface area (Å²) in [7, 11) is 0. The number of carbonyl (C=O) groups is 1. The fourth-order valence-electron chi connectivity index (χ4n) is 5.11. The molecule has 2 fully saturated rings. The van der Waals surface area contributed by atoms with E-state index >= 15 is 0 Å². The maximum absolute atomic E-state index is 13.6. The number of aromatic nitrogens is 1. The number of hydrogen-bond acceptors (Lipinski definition) is 6. The summed E-state index contributed by atoms with van der Waals surface area (Å²) in [5.74, 6) is -0.00936. The molecule has 0 saturated carbocycles. The summed E-state index contributed by atoms with van der Waals surface area (Å²) in [5.41, 5.74) is 4.18. The van der Waals surface area contributed by atoms with Crippen LogP contribution >= 0.6 is 23.2 Å². The number of hydrogen-bond donors (Lipinski definition) is 1. The summed E-state index contributed by atoms with van der Waals surface area (Å²) >= 11 is 12.7. The zero-order chi connectivity index (χ0) is 22.9. The Balaban J connectivity index is 1.34. The minimum atomic E-state index is -0.549. The van der Waals surface area contributed by atoms with Gasteiger partial charge in [0.2, 0.25) is 0 Å². The fraction of sp³-hybridized carbons (Fsp3) is 0.500. The van der Waals surface area contributed by atoms with Crippen molar-refractivity contribution in [2.24, 2.45) is 0 Å². The second-order valence-corrected chi connectivity index (χ2v) is 9.57. The molecule has 2 aromatic rings. The van der Waals surface area contributed by atoms with Crippen molar-refractivity contribution < 1.29 is 14.3 Å². The van der Waals surface area contributed by atoms with Crippen LogP contribution in [-0.4, -0.2) is 67.8 Å². The van der Waals surface area contributed by atoms with Gasteiger partial charge in [0.15, 0.2) is 6.10 Å². The van der Waals surface area contributed by atoms with Gasteiger partial charge in [0, 0.05) is 48.0 Å². The quantitative estimate of drug-likeness (QED) is 0.710. The highest BCUT2D eigenvalue weighted by Gasteiger charge is 2.37. The predicted octanol–water partition coefficient (Wildman–Crippen LogP) is 3.40. The van der Waals surface area contributed by atoms with E-state index in [1.54, 1.807) is 12.3 Å². The number of nitrogens with one attached hydrogen (secondary N) is 1. The number of amides is 1. The highest BCUT2D eigenvalue weighted by Crippen LogP contribution is 2.38. The molecule has 9 heteroatoms. The third-order valence-corrected chi connectivity index (χ3v) is 7.29. The molecular formula is C24H28Cl2N4O3. The molecule has 1 aromatic carbocycles. The fourth-order valence-corrected chi connectivity index (χ4v) is 5.80. The van der Waals surface area contributed by atoms with E-state index in [-0.39, 0.29) is 18.1 Å². The second kappa shape index (κ2) is 9.76. The lowest BCUT2D eigenvalue weighted by Crippen LogP contribution is -2.53. The first kappa shape index (κ1) is 22.9. The highest BCUT2D eigenvalue weighted by molar-refractivity contribution is 6.35. The molecule has 2 saturated heterocycles. The molecule has 0 spiro atoms. The number of fused-ring (bicyclic) bond motifs is 1. The molecule has 3 aliphatic heterocycles. The Morgan fingerprint density at radius 3 is 2.91 bits per heavy atom. The molecule has 0 radical (unpaired) electrons. The Labute approximate surface area is 203 Å². The number of halogens is 2. The van der Waals surface area contributed by atoms with Crippen molar-refractivity contribution in [3.8, 4) is 0 Å². The first-order valence-electron chi connectivity index (χ1n) is 11.4. The standard InChI is InChI=1S/C24H28Cl2N4O3/c1-15-23-16(10-17(25)11-19(23)26)3-6-30(15)24(31)22-14-29(7-9-33-22)20-12-27-4-2-18(20)21-13-28-5-8-32-21/h2,4,10-12,15,21-22,28H,3,5-9,13-14H2,1H3/t15-,21?,22+/m0/s1. The van der Waals surface area contributed by atoms with E-state index in [9.17, 15) is 4.79 Å². The Morgan fingerprint density at radius 1 is 1.21 bits per heavy atom. The Bertz CT molecular complexity index is 1030. The van der Waals surface area contributed by atoms with Gasteiger partial charge in [-0.1, -0.05) is 23.2 Å². The third kappa shape index (κ3) is 4.57.